The van der Waals surface area contributed by atoms with Crippen molar-refractivity contribution in [2.45, 2.75) is 20.0 Å². The van der Waals surface area contributed by atoms with Crippen LogP contribution in [0.1, 0.15) is 22.5 Å². The molecule has 0 aliphatic rings. The van der Waals surface area contributed by atoms with Gasteiger partial charge in [0.05, 0.1) is 11.1 Å². The lowest BCUT2D eigenvalue weighted by Gasteiger charge is -2.14. The van der Waals surface area contributed by atoms with Crippen LogP contribution in [-0.2, 0) is 6.18 Å². The number of rotatable bonds is 1. The minimum absolute atomic E-state index is 0.0719. The number of pyridine rings is 1. The van der Waals surface area contributed by atoms with Crippen LogP contribution in [0.3, 0.4) is 0 Å². The highest BCUT2D eigenvalue weighted by atomic mass is 19.4. The Hall–Kier alpha value is -1.79. The van der Waals surface area contributed by atoms with Crippen molar-refractivity contribution >= 4 is 5.84 Å². The van der Waals surface area contributed by atoms with E-state index in [4.69, 9.17) is 10.9 Å². The third-order valence-electron chi connectivity index (χ3n) is 2.00. The normalized spacial score (nSPS) is 12.9. The van der Waals surface area contributed by atoms with Crippen molar-refractivity contribution in [2.75, 3.05) is 0 Å². The van der Waals surface area contributed by atoms with Crippen molar-refractivity contribution in [1.29, 1.82) is 0 Å². The number of alkyl halides is 3. The molecule has 1 aromatic rings. The number of hydrogen-bond donors (Lipinski definition) is 2. The smallest absolute Gasteiger partial charge is 0.409 e. The van der Waals surface area contributed by atoms with Crippen LogP contribution in [0.15, 0.2) is 11.2 Å². The molecule has 1 rings (SSSR count). The second-order valence-corrected chi connectivity index (χ2v) is 3.25. The van der Waals surface area contributed by atoms with Gasteiger partial charge in [-0.05, 0) is 19.9 Å². The van der Waals surface area contributed by atoms with Gasteiger partial charge in [-0.25, -0.2) is 0 Å². The number of oxime groups is 1. The van der Waals surface area contributed by atoms with Gasteiger partial charge in [0.1, 0.15) is 0 Å². The zero-order chi connectivity index (χ0) is 12.5. The highest BCUT2D eigenvalue weighted by Gasteiger charge is 2.35. The first-order valence-electron chi connectivity index (χ1n) is 4.30. The number of halogens is 3. The number of aromatic nitrogens is 1. The molecule has 0 amide bonds. The summed E-state index contributed by atoms with van der Waals surface area (Å²) >= 11 is 0. The maximum absolute atomic E-state index is 12.7. The molecule has 0 saturated carbocycles. The molecule has 0 aliphatic heterocycles. The lowest BCUT2D eigenvalue weighted by molar-refractivity contribution is -0.137. The summed E-state index contributed by atoms with van der Waals surface area (Å²) in [5.41, 5.74) is 4.16. The fraction of sp³-hybridized carbons (Fsp3) is 0.333. The van der Waals surface area contributed by atoms with Gasteiger partial charge in [-0.1, -0.05) is 5.16 Å². The molecule has 4 nitrogen and oxygen atoms in total. The highest BCUT2D eigenvalue weighted by molar-refractivity contribution is 5.99. The standard InChI is InChI=1S/C9H10F3N3O/c1-4-3-6(9(10,11)12)7(5(2)14-4)8(13)15-16/h3,16H,1-2H3,(H2,13,15). The second kappa shape index (κ2) is 3.99. The average Bonchev–Trinajstić information content (AvgIpc) is 2.14. The predicted molar refractivity (Wildman–Crippen MR) is 51.2 cm³/mol. The van der Waals surface area contributed by atoms with Gasteiger partial charge >= 0.3 is 6.18 Å². The molecule has 0 unspecified atom stereocenters. The summed E-state index contributed by atoms with van der Waals surface area (Å²) in [5, 5.41) is 11.0. The summed E-state index contributed by atoms with van der Waals surface area (Å²) in [4.78, 5) is 3.84. The Morgan fingerprint density at radius 1 is 1.44 bits per heavy atom. The molecule has 0 spiro atoms. The lowest BCUT2D eigenvalue weighted by atomic mass is 10.0. The molecule has 3 N–H and O–H groups in total. The first kappa shape index (κ1) is 12.3. The monoisotopic (exact) mass is 233 g/mol. The van der Waals surface area contributed by atoms with E-state index in [1.165, 1.54) is 13.8 Å². The summed E-state index contributed by atoms with van der Waals surface area (Å²) in [5.74, 6) is -0.600. The van der Waals surface area contributed by atoms with Crippen LogP contribution in [0.4, 0.5) is 13.2 Å². The summed E-state index contributed by atoms with van der Waals surface area (Å²) in [7, 11) is 0. The average molecular weight is 233 g/mol. The molecule has 16 heavy (non-hydrogen) atoms. The number of aryl methyl sites for hydroxylation is 2. The maximum atomic E-state index is 12.7. The highest BCUT2D eigenvalue weighted by Crippen LogP contribution is 2.33. The SMILES string of the molecule is Cc1cc(C(F)(F)F)c(C(N)=NO)c(C)n1. The van der Waals surface area contributed by atoms with E-state index in [1.54, 1.807) is 0 Å². The Morgan fingerprint density at radius 2 is 2.00 bits per heavy atom. The summed E-state index contributed by atoms with van der Waals surface area (Å²) in [6.45, 7) is 2.81. The Balaban J connectivity index is 3.57. The van der Waals surface area contributed by atoms with Crippen molar-refractivity contribution < 1.29 is 18.4 Å². The fourth-order valence-electron chi connectivity index (χ4n) is 1.43. The minimum Gasteiger partial charge on any atom is -0.409 e. The van der Waals surface area contributed by atoms with Gasteiger partial charge < -0.3 is 10.9 Å². The predicted octanol–water partition coefficient (Wildman–Crippen LogP) is 1.81. The number of amidine groups is 1. The molecule has 1 aromatic heterocycles. The summed E-state index contributed by atoms with van der Waals surface area (Å²) < 4.78 is 38.1. The molecule has 0 aromatic carbocycles. The molecule has 0 atom stereocenters. The van der Waals surface area contributed by atoms with E-state index in [1.807, 2.05) is 0 Å². The zero-order valence-corrected chi connectivity index (χ0v) is 8.63. The Morgan fingerprint density at radius 3 is 2.44 bits per heavy atom. The third kappa shape index (κ3) is 2.23. The Kier molecular flexibility index (Phi) is 3.06. The molecule has 1 heterocycles. The van der Waals surface area contributed by atoms with Crippen molar-refractivity contribution in [1.82, 2.24) is 4.98 Å². The number of nitrogens with zero attached hydrogens (tertiary/aromatic N) is 2. The van der Waals surface area contributed by atoms with Crippen LogP contribution in [0.2, 0.25) is 0 Å². The van der Waals surface area contributed by atoms with Crippen LogP contribution < -0.4 is 5.73 Å². The molecule has 0 radical (unpaired) electrons. The van der Waals surface area contributed by atoms with Gasteiger partial charge in [-0.3, -0.25) is 4.98 Å². The van der Waals surface area contributed by atoms with Gasteiger partial charge in [0, 0.05) is 11.4 Å². The summed E-state index contributed by atoms with van der Waals surface area (Å²) in [6.07, 6.45) is -4.57. The van der Waals surface area contributed by atoms with Crippen molar-refractivity contribution in [3.8, 4) is 0 Å². The molecular formula is C9H10F3N3O. The number of nitrogens with two attached hydrogens (primary N) is 1. The van der Waals surface area contributed by atoms with Crippen molar-refractivity contribution in [2.24, 2.45) is 10.9 Å². The van der Waals surface area contributed by atoms with Gasteiger partial charge in [0.25, 0.3) is 0 Å². The van der Waals surface area contributed by atoms with Crippen LogP contribution in [0.5, 0.6) is 0 Å². The van der Waals surface area contributed by atoms with E-state index in [-0.39, 0.29) is 17.0 Å². The van der Waals surface area contributed by atoms with Gasteiger partial charge in [0.2, 0.25) is 0 Å². The van der Waals surface area contributed by atoms with E-state index < -0.39 is 17.6 Å². The van der Waals surface area contributed by atoms with Crippen LogP contribution >= 0.6 is 0 Å². The zero-order valence-electron chi connectivity index (χ0n) is 8.63. The van der Waals surface area contributed by atoms with E-state index in [9.17, 15) is 13.2 Å². The summed E-state index contributed by atoms with van der Waals surface area (Å²) in [6, 6.07) is 0.861. The van der Waals surface area contributed by atoms with Gasteiger partial charge in [-0.15, -0.1) is 0 Å². The van der Waals surface area contributed by atoms with Gasteiger partial charge in [-0.2, -0.15) is 13.2 Å². The maximum Gasteiger partial charge on any atom is 0.417 e. The number of hydrogen-bond acceptors (Lipinski definition) is 3. The van der Waals surface area contributed by atoms with Crippen LogP contribution in [0, 0.1) is 13.8 Å². The quantitative estimate of drug-likeness (QED) is 0.336. The molecule has 0 fully saturated rings. The first-order chi connectivity index (χ1) is 7.27. The molecule has 0 saturated heterocycles. The third-order valence-corrected chi connectivity index (χ3v) is 2.00. The molecular weight excluding hydrogens is 223 g/mol. The molecule has 0 aliphatic carbocycles. The van der Waals surface area contributed by atoms with Crippen molar-refractivity contribution in [3.05, 3.63) is 28.6 Å². The van der Waals surface area contributed by atoms with Crippen molar-refractivity contribution in [3.63, 3.8) is 0 Å². The van der Waals surface area contributed by atoms with E-state index in [2.05, 4.69) is 10.1 Å². The van der Waals surface area contributed by atoms with Crippen LogP contribution in [0.25, 0.3) is 0 Å². The first-order valence-corrected chi connectivity index (χ1v) is 4.30. The topological polar surface area (TPSA) is 71.5 Å². The Bertz CT molecular complexity index is 440. The second-order valence-electron chi connectivity index (χ2n) is 3.25. The molecule has 88 valence electrons. The fourth-order valence-corrected chi connectivity index (χ4v) is 1.43. The lowest BCUT2D eigenvalue weighted by Crippen LogP contribution is -2.22. The molecule has 7 heteroatoms. The van der Waals surface area contributed by atoms with Gasteiger partial charge in [0.15, 0.2) is 5.84 Å². The minimum atomic E-state index is -4.57. The largest absolute Gasteiger partial charge is 0.417 e. The Labute approximate surface area is 89.6 Å². The van der Waals surface area contributed by atoms with E-state index >= 15 is 0 Å². The van der Waals surface area contributed by atoms with Crippen LogP contribution in [-0.4, -0.2) is 16.0 Å². The molecule has 0 bridgehead atoms. The van der Waals surface area contributed by atoms with E-state index in [0.717, 1.165) is 6.07 Å². The van der Waals surface area contributed by atoms with E-state index in [0.29, 0.717) is 0 Å².